The van der Waals surface area contributed by atoms with E-state index in [9.17, 15) is 40.9 Å². The van der Waals surface area contributed by atoms with Crippen LogP contribution in [0.5, 0.6) is 23.0 Å². The summed E-state index contributed by atoms with van der Waals surface area (Å²) in [7, 11) is 0. The van der Waals surface area contributed by atoms with Crippen molar-refractivity contribution in [3.05, 3.63) is 35.9 Å². The van der Waals surface area contributed by atoms with Crippen LogP contribution in [0.1, 0.15) is 24.9 Å². The Morgan fingerprint density at radius 1 is 0.806 bits per heavy atom. The predicted molar refractivity (Wildman–Crippen MR) is 111 cm³/mol. The van der Waals surface area contributed by atoms with Crippen LogP contribution in [-0.2, 0) is 0 Å². The lowest BCUT2D eigenvalue weighted by molar-refractivity contribution is -0.114. The summed E-state index contributed by atoms with van der Waals surface area (Å²) in [6, 6.07) is 5.91. The molecule has 31 heavy (non-hydrogen) atoms. The molecule has 0 radical (unpaired) electrons. The Morgan fingerprint density at radius 2 is 1.39 bits per heavy atom. The van der Waals surface area contributed by atoms with Crippen molar-refractivity contribution in [2.24, 2.45) is 0 Å². The summed E-state index contributed by atoms with van der Waals surface area (Å²) in [5.74, 6) is -1.28. The second-order valence-corrected chi connectivity index (χ2v) is 7.30. The molecule has 0 aliphatic carbocycles. The highest BCUT2D eigenvalue weighted by molar-refractivity contribution is 5.80. The Balaban J connectivity index is 2.31. The fourth-order valence-corrected chi connectivity index (χ4v) is 3.36. The third-order valence-electron chi connectivity index (χ3n) is 5.07. The van der Waals surface area contributed by atoms with Crippen LogP contribution in [0.3, 0.4) is 0 Å². The number of hydrogen-bond acceptors (Lipinski definition) is 10. The zero-order chi connectivity index (χ0) is 23.3. The van der Waals surface area contributed by atoms with Gasteiger partial charge in [-0.25, -0.2) is 0 Å². The Hall–Kier alpha value is -2.60. The molecule has 0 fully saturated rings. The second kappa shape index (κ2) is 10.6. The maximum absolute atomic E-state index is 10.3. The molecule has 2 aromatic rings. The topological polar surface area (TPSA) is 194 Å². The van der Waals surface area contributed by atoms with Crippen molar-refractivity contribution in [1.29, 1.82) is 0 Å². The van der Waals surface area contributed by atoms with E-state index in [-0.39, 0.29) is 29.2 Å². The number of aliphatic hydroxyl groups excluding tert-OH is 5. The number of aromatic hydroxyl groups is 4. The number of aliphatic hydroxyl groups is 5. The molecular formula is C21H29NO9. The average Bonchev–Trinajstić information content (AvgIpc) is 2.72. The Kier molecular flexibility index (Phi) is 8.45. The van der Waals surface area contributed by atoms with Gasteiger partial charge in [0.1, 0.15) is 41.3 Å². The average molecular weight is 439 g/mol. The number of phenolic OH excluding ortho intramolecular Hbond substituents is 4. The normalized spacial score (nSPS) is 16.5. The van der Waals surface area contributed by atoms with Gasteiger partial charge in [-0.15, -0.1) is 0 Å². The summed E-state index contributed by atoms with van der Waals surface area (Å²) in [5.41, 5.74) is 0.806. The van der Waals surface area contributed by atoms with Gasteiger partial charge < -0.3 is 51.3 Å². The molecular weight excluding hydrogens is 410 g/mol. The molecule has 5 atom stereocenters. The van der Waals surface area contributed by atoms with Gasteiger partial charge in [0.15, 0.2) is 0 Å². The SMILES string of the molecule is CCC(NCC(O)C(O)C(O)C(O)CO)c1ccc(O)cc1-c1c(O)cc(O)cc1O. The summed E-state index contributed by atoms with van der Waals surface area (Å²) in [6.07, 6.45) is -6.12. The quantitative estimate of drug-likeness (QED) is 0.234. The van der Waals surface area contributed by atoms with E-state index in [1.807, 2.05) is 6.92 Å². The second-order valence-electron chi connectivity index (χ2n) is 7.30. The molecule has 2 rings (SSSR count). The number of benzene rings is 2. The molecule has 10 heteroatoms. The molecule has 0 bridgehead atoms. The van der Waals surface area contributed by atoms with Gasteiger partial charge in [0.2, 0.25) is 0 Å². The van der Waals surface area contributed by atoms with Crippen LogP contribution in [0.4, 0.5) is 0 Å². The van der Waals surface area contributed by atoms with Crippen molar-refractivity contribution in [2.75, 3.05) is 13.2 Å². The zero-order valence-corrected chi connectivity index (χ0v) is 16.9. The van der Waals surface area contributed by atoms with E-state index < -0.39 is 48.6 Å². The van der Waals surface area contributed by atoms with Gasteiger partial charge in [-0.3, -0.25) is 0 Å². The molecule has 2 aromatic carbocycles. The molecule has 0 heterocycles. The Bertz CT molecular complexity index is 853. The zero-order valence-electron chi connectivity index (χ0n) is 16.9. The van der Waals surface area contributed by atoms with Crippen LogP contribution in [0.25, 0.3) is 11.1 Å². The number of nitrogens with one attached hydrogen (secondary N) is 1. The lowest BCUT2D eigenvalue weighted by atomic mass is 9.91. The molecule has 0 aliphatic heterocycles. The third kappa shape index (κ3) is 5.76. The number of phenols is 4. The molecule has 0 saturated heterocycles. The highest BCUT2D eigenvalue weighted by Gasteiger charge is 2.30. The first-order valence-corrected chi connectivity index (χ1v) is 9.75. The van der Waals surface area contributed by atoms with Crippen molar-refractivity contribution in [2.45, 2.75) is 43.8 Å². The van der Waals surface area contributed by atoms with E-state index in [0.29, 0.717) is 12.0 Å². The summed E-state index contributed by atoms with van der Waals surface area (Å²) in [4.78, 5) is 0. The van der Waals surface area contributed by atoms with Crippen molar-refractivity contribution in [3.63, 3.8) is 0 Å². The van der Waals surface area contributed by atoms with E-state index >= 15 is 0 Å². The van der Waals surface area contributed by atoms with Crippen LogP contribution in [0, 0.1) is 0 Å². The molecule has 5 unspecified atom stereocenters. The molecule has 0 aromatic heterocycles. The molecule has 172 valence electrons. The van der Waals surface area contributed by atoms with Gasteiger partial charge in [-0.2, -0.15) is 0 Å². The van der Waals surface area contributed by atoms with E-state index in [4.69, 9.17) is 5.11 Å². The minimum Gasteiger partial charge on any atom is -0.508 e. The summed E-state index contributed by atoms with van der Waals surface area (Å²) < 4.78 is 0. The number of rotatable bonds is 10. The molecule has 0 saturated carbocycles. The van der Waals surface area contributed by atoms with Crippen LogP contribution in [0.2, 0.25) is 0 Å². The first-order chi connectivity index (χ1) is 14.6. The Morgan fingerprint density at radius 3 is 1.94 bits per heavy atom. The van der Waals surface area contributed by atoms with Crippen molar-refractivity contribution in [1.82, 2.24) is 5.32 Å². The smallest absolute Gasteiger partial charge is 0.130 e. The fourth-order valence-electron chi connectivity index (χ4n) is 3.36. The highest BCUT2D eigenvalue weighted by Crippen LogP contribution is 2.44. The van der Waals surface area contributed by atoms with Gasteiger partial charge in [-0.05, 0) is 29.7 Å². The van der Waals surface area contributed by atoms with Gasteiger partial charge in [0, 0.05) is 24.7 Å². The van der Waals surface area contributed by atoms with E-state index in [2.05, 4.69) is 5.32 Å². The van der Waals surface area contributed by atoms with Crippen LogP contribution in [-0.4, -0.2) is 83.5 Å². The maximum atomic E-state index is 10.3. The summed E-state index contributed by atoms with van der Waals surface area (Å²) >= 11 is 0. The molecule has 0 spiro atoms. The third-order valence-corrected chi connectivity index (χ3v) is 5.07. The van der Waals surface area contributed by atoms with Gasteiger partial charge in [0.05, 0.1) is 18.3 Å². The van der Waals surface area contributed by atoms with Crippen LogP contribution < -0.4 is 5.32 Å². The van der Waals surface area contributed by atoms with Crippen LogP contribution >= 0.6 is 0 Å². The van der Waals surface area contributed by atoms with E-state index in [1.165, 1.54) is 12.1 Å². The lowest BCUT2D eigenvalue weighted by Gasteiger charge is -2.28. The minimum atomic E-state index is -1.75. The van der Waals surface area contributed by atoms with Gasteiger partial charge in [0.25, 0.3) is 0 Å². The van der Waals surface area contributed by atoms with E-state index in [1.54, 1.807) is 6.07 Å². The largest absolute Gasteiger partial charge is 0.508 e. The monoisotopic (exact) mass is 439 g/mol. The standard InChI is InChI=1S/C21H29NO9/c1-2-14(22-8-17(28)20(30)21(31)18(29)9-23)12-4-3-10(24)5-13(12)19-15(26)6-11(25)7-16(19)27/h3-7,14,17-18,20-31H,2,8-9H2,1H3. The van der Waals surface area contributed by atoms with E-state index in [0.717, 1.165) is 12.1 Å². The van der Waals surface area contributed by atoms with Crippen molar-refractivity contribution >= 4 is 0 Å². The summed E-state index contributed by atoms with van der Waals surface area (Å²) in [6.45, 7) is 0.827. The Labute approximate surface area is 178 Å². The minimum absolute atomic E-state index is 0.00831. The van der Waals surface area contributed by atoms with Crippen molar-refractivity contribution < 1.29 is 46.0 Å². The van der Waals surface area contributed by atoms with Gasteiger partial charge >= 0.3 is 0 Å². The predicted octanol–water partition coefficient (Wildman–Crippen LogP) is -0.347. The fraction of sp³-hybridized carbons (Fsp3) is 0.429. The lowest BCUT2D eigenvalue weighted by Crippen LogP contribution is -2.49. The number of hydrogen-bond donors (Lipinski definition) is 10. The molecule has 0 amide bonds. The van der Waals surface area contributed by atoms with Crippen molar-refractivity contribution in [3.8, 4) is 34.1 Å². The summed E-state index contributed by atoms with van der Waals surface area (Å²) in [5, 5.41) is 91.2. The molecule has 0 aliphatic rings. The van der Waals surface area contributed by atoms with Crippen LogP contribution in [0.15, 0.2) is 30.3 Å². The van der Waals surface area contributed by atoms with Gasteiger partial charge in [-0.1, -0.05) is 13.0 Å². The maximum Gasteiger partial charge on any atom is 0.130 e. The highest BCUT2D eigenvalue weighted by atomic mass is 16.4. The first kappa shape index (κ1) is 24.7. The molecule has 10 nitrogen and oxygen atoms in total. The molecule has 10 N–H and O–H groups in total. The first-order valence-electron chi connectivity index (χ1n) is 9.75.